The highest BCUT2D eigenvalue weighted by Gasteiger charge is 2.52. The zero-order chi connectivity index (χ0) is 14.4. The van der Waals surface area contributed by atoms with Crippen LogP contribution in [0, 0.1) is 0 Å². The van der Waals surface area contributed by atoms with Crippen molar-refractivity contribution < 1.29 is 9.53 Å². The third-order valence-corrected chi connectivity index (χ3v) is 4.70. The Hall–Kier alpha value is -1.66. The zero-order valence-electron chi connectivity index (χ0n) is 11.2. The third kappa shape index (κ3) is 2.28. The molecule has 2 saturated heterocycles. The molecule has 2 aromatic rings. The largest absolute Gasteiger partial charge is 0.376 e. The molecule has 3 aliphatic rings. The van der Waals surface area contributed by atoms with Crippen LogP contribution in [0.5, 0.6) is 0 Å². The Labute approximate surface area is 130 Å². The van der Waals surface area contributed by atoms with Crippen LogP contribution in [0.2, 0.25) is 0 Å². The van der Waals surface area contributed by atoms with Crippen molar-refractivity contribution in [1.29, 1.82) is 0 Å². The van der Waals surface area contributed by atoms with Gasteiger partial charge in [-0.05, 0) is 31.0 Å². The molecule has 0 unspecified atom stereocenters. The van der Waals surface area contributed by atoms with Crippen molar-refractivity contribution in [3.8, 4) is 11.3 Å². The van der Waals surface area contributed by atoms with Gasteiger partial charge in [0.1, 0.15) is 5.69 Å². The van der Waals surface area contributed by atoms with Gasteiger partial charge in [0, 0.05) is 10.0 Å². The number of halogens is 1. The van der Waals surface area contributed by atoms with E-state index in [2.05, 4.69) is 31.4 Å². The van der Waals surface area contributed by atoms with Gasteiger partial charge < -0.3 is 10.1 Å². The molecule has 1 saturated carbocycles. The summed E-state index contributed by atoms with van der Waals surface area (Å²) in [6.07, 6.45) is 2.18. The number of nitrogens with one attached hydrogen (secondary N) is 2. The number of carbonyl (C=O) groups is 1. The number of hydrogen-bond acceptors (Lipinski definition) is 3. The van der Waals surface area contributed by atoms with E-state index < -0.39 is 0 Å². The minimum atomic E-state index is -0.148. The van der Waals surface area contributed by atoms with Gasteiger partial charge in [-0.2, -0.15) is 5.10 Å². The maximum atomic E-state index is 12.3. The summed E-state index contributed by atoms with van der Waals surface area (Å²) in [6.45, 7) is 0.622. The number of nitrogens with zero attached hydrogens (tertiary/aromatic N) is 1. The van der Waals surface area contributed by atoms with E-state index in [-0.39, 0.29) is 11.4 Å². The lowest BCUT2D eigenvalue weighted by Gasteiger charge is -2.35. The third-order valence-electron chi connectivity index (χ3n) is 4.17. The Bertz CT molecular complexity index is 684. The molecule has 21 heavy (non-hydrogen) atoms. The molecular weight excluding hydrogens is 334 g/mol. The van der Waals surface area contributed by atoms with Gasteiger partial charge in [0.15, 0.2) is 0 Å². The first-order valence-corrected chi connectivity index (χ1v) is 7.68. The fourth-order valence-electron chi connectivity index (χ4n) is 2.98. The van der Waals surface area contributed by atoms with Gasteiger partial charge in [-0.25, -0.2) is 0 Å². The monoisotopic (exact) mass is 347 g/mol. The summed E-state index contributed by atoms with van der Waals surface area (Å²) in [5.74, 6) is -0.116. The number of carbonyl (C=O) groups excluding carboxylic acids is 1. The van der Waals surface area contributed by atoms with Crippen LogP contribution in [0.25, 0.3) is 11.3 Å². The Balaban J connectivity index is 1.51. The number of ether oxygens (including phenoxy) is 1. The molecule has 0 spiro atoms. The molecule has 3 heterocycles. The first-order chi connectivity index (χ1) is 10.1. The Morgan fingerprint density at radius 3 is 2.81 bits per heavy atom. The van der Waals surface area contributed by atoms with Crippen LogP contribution in [0.3, 0.4) is 0 Å². The van der Waals surface area contributed by atoms with Gasteiger partial charge in [-0.15, -0.1) is 0 Å². The van der Waals surface area contributed by atoms with E-state index in [1.165, 1.54) is 0 Å². The second-order valence-corrected chi connectivity index (χ2v) is 6.67. The van der Waals surface area contributed by atoms with Gasteiger partial charge >= 0.3 is 0 Å². The average Bonchev–Trinajstić information content (AvgIpc) is 3.13. The lowest BCUT2D eigenvalue weighted by molar-refractivity contribution is 0.0850. The lowest BCUT2D eigenvalue weighted by Crippen LogP contribution is -2.55. The molecule has 0 radical (unpaired) electrons. The number of benzene rings is 1. The molecule has 3 fully saturated rings. The number of fused-ring (bicyclic) bond motifs is 1. The van der Waals surface area contributed by atoms with E-state index in [1.54, 1.807) is 6.07 Å². The predicted octanol–water partition coefficient (Wildman–Crippen LogP) is 2.50. The van der Waals surface area contributed by atoms with Gasteiger partial charge in [-0.1, -0.05) is 28.1 Å². The maximum Gasteiger partial charge on any atom is 0.269 e. The predicted molar refractivity (Wildman–Crippen MR) is 80.9 cm³/mol. The van der Waals surface area contributed by atoms with Crippen LogP contribution >= 0.6 is 15.9 Å². The second-order valence-electron chi connectivity index (χ2n) is 5.75. The van der Waals surface area contributed by atoms with Crippen molar-refractivity contribution in [2.24, 2.45) is 0 Å². The Morgan fingerprint density at radius 2 is 2.14 bits per heavy atom. The van der Waals surface area contributed by atoms with E-state index in [4.69, 9.17) is 4.74 Å². The van der Waals surface area contributed by atoms with Gasteiger partial charge in [-0.3, -0.25) is 9.89 Å². The fourth-order valence-corrected chi connectivity index (χ4v) is 3.24. The van der Waals surface area contributed by atoms with E-state index in [9.17, 15) is 4.79 Å². The smallest absolute Gasteiger partial charge is 0.269 e. The number of hydrogen-bond donors (Lipinski definition) is 2. The topological polar surface area (TPSA) is 67.0 Å². The summed E-state index contributed by atoms with van der Waals surface area (Å²) >= 11 is 3.40. The zero-order valence-corrected chi connectivity index (χ0v) is 12.8. The summed E-state index contributed by atoms with van der Waals surface area (Å²) in [4.78, 5) is 12.3. The maximum absolute atomic E-state index is 12.3. The summed E-state index contributed by atoms with van der Waals surface area (Å²) in [5.41, 5.74) is 2.07. The summed E-state index contributed by atoms with van der Waals surface area (Å²) in [7, 11) is 0. The molecule has 2 N–H and O–H groups in total. The molecule has 0 atom stereocenters. The SMILES string of the molecule is O=C(NC12COC(C1)C2)c1cc(-c2ccc(Br)cc2)n[nH]1. The van der Waals surface area contributed by atoms with Gasteiger partial charge in [0.2, 0.25) is 0 Å². The summed E-state index contributed by atoms with van der Waals surface area (Å²) in [6, 6.07) is 9.60. The summed E-state index contributed by atoms with van der Waals surface area (Å²) < 4.78 is 6.52. The molecule has 6 heteroatoms. The molecule has 108 valence electrons. The van der Waals surface area contributed by atoms with Crippen LogP contribution in [0.15, 0.2) is 34.8 Å². The Kier molecular flexibility index (Phi) is 2.90. The first kappa shape index (κ1) is 13.0. The minimum Gasteiger partial charge on any atom is -0.376 e. The normalized spacial score (nSPS) is 26.4. The van der Waals surface area contributed by atoms with Crippen LogP contribution in [-0.4, -0.2) is 34.4 Å². The highest BCUT2D eigenvalue weighted by molar-refractivity contribution is 9.10. The number of amides is 1. The highest BCUT2D eigenvalue weighted by Crippen LogP contribution is 2.42. The molecule has 2 bridgehead atoms. The van der Waals surface area contributed by atoms with Crippen molar-refractivity contribution in [1.82, 2.24) is 15.5 Å². The van der Waals surface area contributed by atoms with Crippen molar-refractivity contribution >= 4 is 21.8 Å². The minimum absolute atomic E-state index is 0.116. The molecule has 2 aliphatic heterocycles. The summed E-state index contributed by atoms with van der Waals surface area (Å²) in [5, 5.41) is 10.1. The standard InChI is InChI=1S/C15H14BrN3O2/c16-10-3-1-9(2-4-10)12-5-13(19-18-12)14(20)17-15-6-11(7-15)21-8-15/h1-5,11H,6-8H2,(H,17,20)(H,18,19). The van der Waals surface area contributed by atoms with Crippen LogP contribution in [-0.2, 0) is 4.74 Å². The van der Waals surface area contributed by atoms with Crippen LogP contribution in [0.1, 0.15) is 23.3 Å². The average molecular weight is 348 g/mol. The van der Waals surface area contributed by atoms with Gasteiger partial charge in [0.05, 0.1) is 23.9 Å². The molecule has 5 rings (SSSR count). The van der Waals surface area contributed by atoms with Crippen molar-refractivity contribution in [2.75, 3.05) is 6.61 Å². The van der Waals surface area contributed by atoms with E-state index in [0.29, 0.717) is 18.4 Å². The van der Waals surface area contributed by atoms with E-state index in [0.717, 1.165) is 28.6 Å². The lowest BCUT2D eigenvalue weighted by atomic mass is 9.78. The molecule has 1 aliphatic carbocycles. The molecule has 1 amide bonds. The molecule has 1 aromatic heterocycles. The van der Waals surface area contributed by atoms with Crippen molar-refractivity contribution in [2.45, 2.75) is 24.5 Å². The van der Waals surface area contributed by atoms with E-state index in [1.807, 2.05) is 24.3 Å². The first-order valence-electron chi connectivity index (χ1n) is 6.89. The molecule has 1 aromatic carbocycles. The van der Waals surface area contributed by atoms with Crippen molar-refractivity contribution in [3.05, 3.63) is 40.5 Å². The van der Waals surface area contributed by atoms with Crippen molar-refractivity contribution in [3.63, 3.8) is 0 Å². The highest BCUT2D eigenvalue weighted by atomic mass is 79.9. The van der Waals surface area contributed by atoms with Crippen LogP contribution in [0.4, 0.5) is 0 Å². The quantitative estimate of drug-likeness (QED) is 0.896. The van der Waals surface area contributed by atoms with Gasteiger partial charge in [0.25, 0.3) is 5.91 Å². The number of aromatic amines is 1. The van der Waals surface area contributed by atoms with Crippen LogP contribution < -0.4 is 5.32 Å². The fraction of sp³-hybridized carbons (Fsp3) is 0.333. The second kappa shape index (κ2) is 4.68. The number of aromatic nitrogens is 2. The van der Waals surface area contributed by atoms with E-state index >= 15 is 0 Å². The number of H-pyrrole nitrogens is 1. The molecule has 5 nitrogen and oxygen atoms in total. The number of rotatable bonds is 3. The molecular formula is C15H14BrN3O2. The Morgan fingerprint density at radius 1 is 1.38 bits per heavy atom.